The Hall–Kier alpha value is -0.440. The van der Waals surface area contributed by atoms with Crippen LogP contribution in [0.15, 0.2) is 16.5 Å². The van der Waals surface area contributed by atoms with Gasteiger partial charge in [-0.15, -0.1) is 0 Å². The summed E-state index contributed by atoms with van der Waals surface area (Å²) in [5.41, 5.74) is 5.47. The van der Waals surface area contributed by atoms with Crippen LogP contribution in [-0.2, 0) is 0 Å². The maximum absolute atomic E-state index is 5.47. The van der Waals surface area contributed by atoms with Gasteiger partial charge >= 0.3 is 0 Å². The second kappa shape index (κ2) is 2.43. The first-order valence-electron chi connectivity index (χ1n) is 2.87. The van der Waals surface area contributed by atoms with E-state index < -0.39 is 0 Å². The molecule has 1 aliphatic rings. The van der Waals surface area contributed by atoms with Gasteiger partial charge in [-0.1, -0.05) is 18.3 Å². The van der Waals surface area contributed by atoms with E-state index in [0.717, 1.165) is 11.3 Å². The summed E-state index contributed by atoms with van der Waals surface area (Å²) in [7, 11) is 0. The van der Waals surface area contributed by atoms with Gasteiger partial charge in [-0.05, 0) is 11.8 Å². The molecule has 0 aliphatic carbocycles. The fraction of sp³-hybridized carbons (Fsp3) is 0.500. The minimum atomic E-state index is 0.332. The Morgan fingerprint density at radius 3 is 3.00 bits per heavy atom. The summed E-state index contributed by atoms with van der Waals surface area (Å²) in [6.45, 7) is 5.86. The molecule has 0 radical (unpaired) electrons. The summed E-state index contributed by atoms with van der Waals surface area (Å²) in [4.78, 5) is 5.25. The minimum absolute atomic E-state index is 0.332. The molecule has 0 saturated heterocycles. The van der Waals surface area contributed by atoms with Crippen molar-refractivity contribution in [3.8, 4) is 0 Å². The van der Waals surface area contributed by atoms with Crippen molar-refractivity contribution in [1.29, 1.82) is 0 Å². The normalized spacial score (nSPS) is 27.9. The summed E-state index contributed by atoms with van der Waals surface area (Å²) in [6.07, 6.45) is 0.964. The van der Waals surface area contributed by atoms with E-state index >= 15 is 0 Å². The molecule has 3 heteroatoms. The van der Waals surface area contributed by atoms with E-state index in [1.54, 1.807) is 0 Å². The van der Waals surface area contributed by atoms with Gasteiger partial charge in [-0.25, -0.2) is 0 Å². The van der Waals surface area contributed by atoms with Gasteiger partial charge in [0.25, 0.3) is 0 Å². The molecule has 1 rings (SSSR count). The molecule has 2 nitrogen and oxygen atoms in total. The van der Waals surface area contributed by atoms with Crippen LogP contribution in [0.25, 0.3) is 0 Å². The van der Waals surface area contributed by atoms with Gasteiger partial charge in [0.05, 0.1) is 6.04 Å². The molecule has 0 aromatic heterocycles. The molecule has 0 aromatic rings. The fourth-order valence-electron chi connectivity index (χ4n) is 0.808. The smallest absolute Gasteiger partial charge is 0.158 e. The van der Waals surface area contributed by atoms with Crippen LogP contribution in [0.5, 0.6) is 0 Å². The summed E-state index contributed by atoms with van der Waals surface area (Å²) < 4.78 is 0. The largest absolute Gasteiger partial charge is 0.378 e. The Morgan fingerprint density at radius 1 is 1.89 bits per heavy atom. The summed E-state index contributed by atoms with van der Waals surface area (Å²) in [5.74, 6) is 0. The molecule has 0 fully saturated rings. The second-order valence-electron chi connectivity index (χ2n) is 2.16. The Morgan fingerprint density at radius 2 is 2.56 bits per heavy atom. The van der Waals surface area contributed by atoms with Crippen LogP contribution in [0.1, 0.15) is 13.3 Å². The van der Waals surface area contributed by atoms with Gasteiger partial charge in [-0.3, -0.25) is 4.99 Å². The van der Waals surface area contributed by atoms with Crippen LogP contribution in [0.4, 0.5) is 0 Å². The van der Waals surface area contributed by atoms with Gasteiger partial charge in [0.2, 0.25) is 0 Å². The SMILES string of the molecule is C=C1CC(C)N=C(N)S1. The van der Waals surface area contributed by atoms with Crippen molar-refractivity contribution in [2.24, 2.45) is 10.7 Å². The number of amidine groups is 1. The number of nitrogens with zero attached hydrogens (tertiary/aromatic N) is 1. The van der Waals surface area contributed by atoms with Crippen LogP contribution in [0, 0.1) is 0 Å². The van der Waals surface area contributed by atoms with Crippen molar-refractivity contribution >= 4 is 16.9 Å². The highest BCUT2D eigenvalue weighted by atomic mass is 32.2. The van der Waals surface area contributed by atoms with Crippen LogP contribution < -0.4 is 5.73 Å². The fourth-order valence-corrected chi connectivity index (χ4v) is 1.66. The molecule has 0 amide bonds. The second-order valence-corrected chi connectivity index (χ2v) is 3.36. The van der Waals surface area contributed by atoms with Crippen LogP contribution in [0.3, 0.4) is 0 Å². The lowest BCUT2D eigenvalue weighted by molar-refractivity contribution is 0.751. The van der Waals surface area contributed by atoms with E-state index in [2.05, 4.69) is 11.6 Å². The lowest BCUT2D eigenvalue weighted by Crippen LogP contribution is -2.16. The van der Waals surface area contributed by atoms with Crippen molar-refractivity contribution in [2.45, 2.75) is 19.4 Å². The van der Waals surface area contributed by atoms with E-state index in [4.69, 9.17) is 5.73 Å². The first kappa shape index (κ1) is 6.68. The van der Waals surface area contributed by atoms with Gasteiger partial charge in [0, 0.05) is 6.42 Å². The van der Waals surface area contributed by atoms with Gasteiger partial charge in [-0.2, -0.15) is 0 Å². The third-order valence-corrected chi connectivity index (χ3v) is 1.89. The molecule has 0 aromatic carbocycles. The number of hydrogen-bond donors (Lipinski definition) is 1. The molecule has 1 aliphatic heterocycles. The predicted octanol–water partition coefficient (Wildman–Crippen LogP) is 1.34. The maximum Gasteiger partial charge on any atom is 0.158 e. The van der Waals surface area contributed by atoms with Crippen LogP contribution in [-0.4, -0.2) is 11.2 Å². The summed E-state index contributed by atoms with van der Waals surface area (Å²) >= 11 is 1.48. The lowest BCUT2D eigenvalue weighted by atomic mass is 10.2. The highest BCUT2D eigenvalue weighted by Crippen LogP contribution is 2.24. The third kappa shape index (κ3) is 1.75. The molecular weight excluding hydrogens is 132 g/mol. The highest BCUT2D eigenvalue weighted by molar-refractivity contribution is 8.17. The zero-order chi connectivity index (χ0) is 6.85. The predicted molar refractivity (Wildman–Crippen MR) is 42.4 cm³/mol. The molecule has 0 bridgehead atoms. The first-order valence-corrected chi connectivity index (χ1v) is 3.69. The molecule has 50 valence electrons. The zero-order valence-corrected chi connectivity index (χ0v) is 6.24. The number of nitrogens with two attached hydrogens (primary N) is 1. The average Bonchev–Trinajstić information content (AvgIpc) is 1.59. The first-order chi connectivity index (χ1) is 4.18. The molecule has 1 heterocycles. The zero-order valence-electron chi connectivity index (χ0n) is 5.42. The number of rotatable bonds is 0. The van der Waals surface area contributed by atoms with Crippen molar-refractivity contribution in [3.05, 3.63) is 11.5 Å². The molecule has 0 spiro atoms. The minimum Gasteiger partial charge on any atom is -0.378 e. The van der Waals surface area contributed by atoms with Gasteiger partial charge < -0.3 is 5.73 Å². The molecule has 1 atom stereocenters. The lowest BCUT2D eigenvalue weighted by Gasteiger charge is -2.14. The van der Waals surface area contributed by atoms with E-state index in [0.29, 0.717) is 11.2 Å². The number of hydrogen-bond acceptors (Lipinski definition) is 3. The van der Waals surface area contributed by atoms with E-state index in [9.17, 15) is 0 Å². The summed E-state index contributed by atoms with van der Waals surface area (Å²) in [5, 5.41) is 0.652. The Kier molecular flexibility index (Phi) is 1.81. The van der Waals surface area contributed by atoms with Crippen molar-refractivity contribution < 1.29 is 0 Å². The van der Waals surface area contributed by atoms with Crippen molar-refractivity contribution in [2.75, 3.05) is 0 Å². The summed E-state index contributed by atoms with van der Waals surface area (Å²) in [6, 6.07) is 0.332. The standard InChI is InChI=1S/C6H10N2S/c1-4-3-5(2)9-6(7)8-4/h4H,2-3H2,1H3,(H2,7,8). The van der Waals surface area contributed by atoms with E-state index in [1.165, 1.54) is 11.8 Å². The Labute approximate surface area is 59.2 Å². The topological polar surface area (TPSA) is 38.4 Å². The number of thioether (sulfide) groups is 1. The quantitative estimate of drug-likeness (QED) is 0.554. The van der Waals surface area contributed by atoms with E-state index in [-0.39, 0.29) is 0 Å². The Balaban J connectivity index is 2.67. The molecule has 1 unspecified atom stereocenters. The molecule has 0 saturated carbocycles. The van der Waals surface area contributed by atoms with Crippen LogP contribution in [0.2, 0.25) is 0 Å². The monoisotopic (exact) mass is 142 g/mol. The average molecular weight is 142 g/mol. The molecular formula is C6H10N2S. The van der Waals surface area contributed by atoms with Crippen LogP contribution >= 0.6 is 11.8 Å². The third-order valence-electron chi connectivity index (χ3n) is 1.12. The Bertz CT molecular complexity index is 162. The molecule has 2 N–H and O–H groups in total. The van der Waals surface area contributed by atoms with E-state index in [1.807, 2.05) is 6.92 Å². The molecule has 9 heavy (non-hydrogen) atoms. The van der Waals surface area contributed by atoms with Crippen molar-refractivity contribution in [1.82, 2.24) is 0 Å². The maximum atomic E-state index is 5.47. The van der Waals surface area contributed by atoms with Gasteiger partial charge in [0.15, 0.2) is 5.17 Å². The van der Waals surface area contributed by atoms with Crippen molar-refractivity contribution in [3.63, 3.8) is 0 Å². The highest BCUT2D eigenvalue weighted by Gasteiger charge is 2.11. The number of aliphatic imine (C=N–C) groups is 1. The van der Waals surface area contributed by atoms with Gasteiger partial charge in [0.1, 0.15) is 0 Å².